The van der Waals surface area contributed by atoms with Crippen molar-refractivity contribution < 1.29 is 4.79 Å². The summed E-state index contributed by atoms with van der Waals surface area (Å²) in [7, 11) is 0. The van der Waals surface area contributed by atoms with Gasteiger partial charge in [-0.25, -0.2) is 0 Å². The number of nitrogens with two attached hydrogens (primary N) is 1. The lowest BCUT2D eigenvalue weighted by molar-refractivity contribution is -0.134. The Morgan fingerprint density at radius 1 is 1.22 bits per heavy atom. The minimum atomic E-state index is 0.213. The van der Waals surface area contributed by atoms with Gasteiger partial charge in [0.25, 0.3) is 0 Å². The maximum atomic E-state index is 12.4. The SMILES string of the molecule is CC(CC1CCCCC1)C(=O)N1CCC(CN)C1. The lowest BCUT2D eigenvalue weighted by Gasteiger charge is -2.26. The molecule has 2 fully saturated rings. The third-order valence-electron chi connectivity index (χ3n) is 4.76. The summed E-state index contributed by atoms with van der Waals surface area (Å²) in [6.07, 6.45) is 8.99. The molecule has 1 amide bonds. The van der Waals surface area contributed by atoms with Gasteiger partial charge in [-0.3, -0.25) is 4.79 Å². The van der Waals surface area contributed by atoms with E-state index < -0.39 is 0 Å². The Labute approximate surface area is 111 Å². The average molecular weight is 252 g/mol. The number of nitrogens with zero attached hydrogens (tertiary/aromatic N) is 1. The van der Waals surface area contributed by atoms with Crippen molar-refractivity contribution in [1.29, 1.82) is 0 Å². The van der Waals surface area contributed by atoms with Crippen LogP contribution in [-0.4, -0.2) is 30.4 Å². The van der Waals surface area contributed by atoms with Crippen molar-refractivity contribution in [2.45, 2.75) is 51.9 Å². The van der Waals surface area contributed by atoms with Crippen LogP contribution in [0.2, 0.25) is 0 Å². The molecule has 1 saturated carbocycles. The largest absolute Gasteiger partial charge is 0.342 e. The Bertz CT molecular complexity index is 274. The van der Waals surface area contributed by atoms with Gasteiger partial charge in [-0.05, 0) is 31.2 Å². The van der Waals surface area contributed by atoms with Gasteiger partial charge in [0.1, 0.15) is 0 Å². The highest BCUT2D eigenvalue weighted by atomic mass is 16.2. The second kappa shape index (κ2) is 6.55. The second-order valence-electron chi connectivity index (χ2n) is 6.32. The van der Waals surface area contributed by atoms with Crippen molar-refractivity contribution in [3.8, 4) is 0 Å². The number of carbonyl (C=O) groups excluding carboxylic acids is 1. The fourth-order valence-electron chi connectivity index (χ4n) is 3.56. The maximum Gasteiger partial charge on any atom is 0.225 e. The molecule has 1 saturated heterocycles. The molecule has 1 aliphatic heterocycles. The van der Waals surface area contributed by atoms with Crippen molar-refractivity contribution in [3.05, 3.63) is 0 Å². The van der Waals surface area contributed by atoms with Gasteiger partial charge in [0.2, 0.25) is 5.91 Å². The van der Waals surface area contributed by atoms with E-state index in [4.69, 9.17) is 5.73 Å². The molecule has 2 N–H and O–H groups in total. The highest BCUT2D eigenvalue weighted by Gasteiger charge is 2.29. The Morgan fingerprint density at radius 2 is 1.94 bits per heavy atom. The fourth-order valence-corrected chi connectivity index (χ4v) is 3.56. The van der Waals surface area contributed by atoms with Crippen LogP contribution in [0.3, 0.4) is 0 Å². The summed E-state index contributed by atoms with van der Waals surface area (Å²) in [5.74, 6) is 1.92. The van der Waals surface area contributed by atoms with Crippen LogP contribution in [0.15, 0.2) is 0 Å². The van der Waals surface area contributed by atoms with E-state index in [-0.39, 0.29) is 5.92 Å². The van der Waals surface area contributed by atoms with Gasteiger partial charge in [-0.15, -0.1) is 0 Å². The van der Waals surface area contributed by atoms with E-state index in [0.717, 1.165) is 38.4 Å². The first kappa shape index (κ1) is 13.9. The zero-order chi connectivity index (χ0) is 13.0. The highest BCUT2D eigenvalue weighted by Crippen LogP contribution is 2.30. The molecule has 2 rings (SSSR count). The number of likely N-dealkylation sites (tertiary alicyclic amines) is 1. The Morgan fingerprint density at radius 3 is 2.56 bits per heavy atom. The molecule has 1 aliphatic carbocycles. The van der Waals surface area contributed by atoms with Crippen LogP contribution in [0.1, 0.15) is 51.9 Å². The monoisotopic (exact) mass is 252 g/mol. The molecule has 18 heavy (non-hydrogen) atoms. The quantitative estimate of drug-likeness (QED) is 0.835. The van der Waals surface area contributed by atoms with Gasteiger partial charge in [-0.2, -0.15) is 0 Å². The van der Waals surface area contributed by atoms with E-state index in [0.29, 0.717) is 11.8 Å². The van der Waals surface area contributed by atoms with Gasteiger partial charge in [0, 0.05) is 19.0 Å². The second-order valence-corrected chi connectivity index (χ2v) is 6.32. The first-order valence-electron chi connectivity index (χ1n) is 7.69. The van der Waals surface area contributed by atoms with Crippen LogP contribution < -0.4 is 5.73 Å². The van der Waals surface area contributed by atoms with E-state index in [2.05, 4.69) is 6.92 Å². The molecule has 1 heterocycles. The molecule has 0 aromatic carbocycles. The fraction of sp³-hybridized carbons (Fsp3) is 0.933. The van der Waals surface area contributed by atoms with E-state index in [1.165, 1.54) is 32.1 Å². The summed E-state index contributed by atoms with van der Waals surface area (Å²) in [4.78, 5) is 14.4. The maximum absolute atomic E-state index is 12.4. The Balaban J connectivity index is 1.77. The molecule has 0 aromatic rings. The molecule has 104 valence electrons. The van der Waals surface area contributed by atoms with E-state index in [9.17, 15) is 4.79 Å². The third-order valence-corrected chi connectivity index (χ3v) is 4.76. The van der Waals surface area contributed by atoms with E-state index in [1.807, 2.05) is 4.90 Å². The average Bonchev–Trinajstić information content (AvgIpc) is 2.87. The lowest BCUT2D eigenvalue weighted by Crippen LogP contribution is -2.35. The van der Waals surface area contributed by atoms with Gasteiger partial charge >= 0.3 is 0 Å². The number of rotatable bonds is 4. The van der Waals surface area contributed by atoms with Crippen LogP contribution >= 0.6 is 0 Å². The number of hydrogen-bond donors (Lipinski definition) is 1. The molecule has 3 heteroatoms. The van der Waals surface area contributed by atoms with Crippen LogP contribution in [-0.2, 0) is 4.79 Å². The summed E-state index contributed by atoms with van der Waals surface area (Å²) in [5, 5.41) is 0. The normalized spacial score (nSPS) is 27.4. The molecule has 2 atom stereocenters. The molecule has 2 unspecified atom stereocenters. The Hall–Kier alpha value is -0.570. The van der Waals surface area contributed by atoms with Gasteiger partial charge in [0.15, 0.2) is 0 Å². The van der Waals surface area contributed by atoms with Gasteiger partial charge in [-0.1, -0.05) is 39.0 Å². The first-order chi connectivity index (χ1) is 8.70. The molecule has 2 aliphatic rings. The number of carbonyl (C=O) groups is 1. The minimum absolute atomic E-state index is 0.213. The zero-order valence-electron chi connectivity index (χ0n) is 11.7. The van der Waals surface area contributed by atoms with Crippen molar-refractivity contribution in [2.75, 3.05) is 19.6 Å². The summed E-state index contributed by atoms with van der Waals surface area (Å²) in [6, 6.07) is 0. The summed E-state index contributed by atoms with van der Waals surface area (Å²) in [5.41, 5.74) is 5.68. The highest BCUT2D eigenvalue weighted by molar-refractivity contribution is 5.78. The van der Waals surface area contributed by atoms with Crippen LogP contribution in [0.5, 0.6) is 0 Å². The summed E-state index contributed by atoms with van der Waals surface area (Å²) in [6.45, 7) is 4.66. The topological polar surface area (TPSA) is 46.3 Å². The molecule has 0 aromatic heterocycles. The summed E-state index contributed by atoms with van der Waals surface area (Å²) < 4.78 is 0. The van der Waals surface area contributed by atoms with Gasteiger partial charge < -0.3 is 10.6 Å². The lowest BCUT2D eigenvalue weighted by atomic mass is 9.83. The molecule has 0 spiro atoms. The Kier molecular flexibility index (Phi) is 5.04. The number of hydrogen-bond acceptors (Lipinski definition) is 2. The van der Waals surface area contributed by atoms with Crippen molar-refractivity contribution in [2.24, 2.45) is 23.5 Å². The molecule has 3 nitrogen and oxygen atoms in total. The zero-order valence-corrected chi connectivity index (χ0v) is 11.7. The van der Waals surface area contributed by atoms with Crippen LogP contribution in [0.25, 0.3) is 0 Å². The van der Waals surface area contributed by atoms with Crippen molar-refractivity contribution in [3.63, 3.8) is 0 Å². The predicted octanol–water partition coefficient (Wildman–Crippen LogP) is 2.40. The smallest absolute Gasteiger partial charge is 0.225 e. The van der Waals surface area contributed by atoms with E-state index >= 15 is 0 Å². The van der Waals surface area contributed by atoms with Crippen molar-refractivity contribution >= 4 is 5.91 Å². The predicted molar refractivity (Wildman–Crippen MR) is 74.1 cm³/mol. The standard InChI is InChI=1S/C15H28N2O/c1-12(9-13-5-3-2-4-6-13)15(18)17-8-7-14(10-16)11-17/h12-14H,2-11,16H2,1H3. The van der Waals surface area contributed by atoms with Crippen molar-refractivity contribution in [1.82, 2.24) is 4.90 Å². The van der Waals surface area contributed by atoms with Crippen LogP contribution in [0, 0.1) is 17.8 Å². The third kappa shape index (κ3) is 3.47. The van der Waals surface area contributed by atoms with Gasteiger partial charge in [0.05, 0.1) is 0 Å². The van der Waals surface area contributed by atoms with E-state index in [1.54, 1.807) is 0 Å². The first-order valence-corrected chi connectivity index (χ1v) is 7.69. The van der Waals surface area contributed by atoms with Crippen LogP contribution in [0.4, 0.5) is 0 Å². The molecular formula is C15H28N2O. The minimum Gasteiger partial charge on any atom is -0.342 e. The molecule has 0 radical (unpaired) electrons. The number of amides is 1. The summed E-state index contributed by atoms with van der Waals surface area (Å²) >= 11 is 0. The molecular weight excluding hydrogens is 224 g/mol. The molecule has 0 bridgehead atoms.